The molecule has 0 aromatic heterocycles. The van der Waals surface area contributed by atoms with Crippen LogP contribution in [0, 0.1) is 0 Å². The first-order chi connectivity index (χ1) is 5.95. The van der Waals surface area contributed by atoms with Crippen LogP contribution < -0.4 is 34.7 Å². The second-order valence-corrected chi connectivity index (χ2v) is 1.46. The average molecular weight is 222 g/mol. The monoisotopic (exact) mass is 222 g/mol. The number of carbonyl (C=O) groups is 1. The van der Waals surface area contributed by atoms with Crippen molar-refractivity contribution in [1.29, 1.82) is 0 Å². The van der Waals surface area contributed by atoms with E-state index in [1.54, 1.807) is 0 Å². The number of carbonyl (C=O) groups excluding carboxylic acids is 1. The van der Waals surface area contributed by atoms with Crippen LogP contribution in [0.15, 0.2) is 0 Å². The van der Waals surface area contributed by atoms with E-state index in [0.717, 1.165) is 0 Å². The van der Waals surface area contributed by atoms with Gasteiger partial charge < -0.3 is 40.3 Å². The van der Waals surface area contributed by atoms with Crippen LogP contribution in [0.25, 0.3) is 0 Å². The summed E-state index contributed by atoms with van der Waals surface area (Å²) in [5.74, 6) is 0. The maximum Gasteiger partial charge on any atom is 1.00 e. The zero-order valence-corrected chi connectivity index (χ0v) is 9.65. The van der Waals surface area contributed by atoms with Crippen molar-refractivity contribution in [2.75, 3.05) is 13.2 Å². The summed E-state index contributed by atoms with van der Waals surface area (Å²) < 4.78 is 0. The first kappa shape index (κ1) is 23.8. The molecule has 0 spiro atoms. The van der Waals surface area contributed by atoms with E-state index >= 15 is 0 Å². The predicted molar refractivity (Wildman–Crippen MR) is 38.7 cm³/mol. The molecule has 0 aromatic rings. The van der Waals surface area contributed by atoms with E-state index in [-0.39, 0.29) is 42.8 Å². The fraction of sp³-hybridized carbons (Fsp3) is 0.750. The average Bonchev–Trinajstić information content (AvgIpc) is 2.03. The summed E-state index contributed by atoms with van der Waals surface area (Å²) in [6, 6.07) is 0. The number of rotatable bonds is 2. The van der Waals surface area contributed by atoms with Crippen molar-refractivity contribution >= 4 is 13.8 Å². The van der Waals surface area contributed by atoms with E-state index in [1.165, 1.54) is 0 Å². The normalized spacial score (nSPS) is 7.07. The van der Waals surface area contributed by atoms with Gasteiger partial charge in [-0.25, -0.2) is 0 Å². The molecule has 0 bridgehead atoms. The van der Waals surface area contributed by atoms with Crippen molar-refractivity contribution in [1.82, 2.24) is 0 Å². The van der Waals surface area contributed by atoms with Gasteiger partial charge in [-0.05, 0) is 0 Å². The minimum Gasteiger partial charge on any atom is -0.554 e. The van der Waals surface area contributed by atoms with Gasteiger partial charge in [0.25, 0.3) is 0 Å². The van der Waals surface area contributed by atoms with Gasteiger partial charge in [0.1, 0.15) is 6.10 Å². The van der Waals surface area contributed by atoms with Crippen LogP contribution >= 0.6 is 0 Å². The Kier molecular flexibility index (Phi) is 39.6. The van der Waals surface area contributed by atoms with Crippen LogP contribution in [0.3, 0.4) is 0 Å². The molecule has 0 unspecified atom stereocenters. The van der Waals surface area contributed by atoms with Crippen LogP contribution in [-0.4, -0.2) is 63.5 Å². The largest absolute Gasteiger partial charge is 1.00 e. The Hall–Kier alpha value is 0.295. The van der Waals surface area contributed by atoms with Crippen LogP contribution in [0.2, 0.25) is 0 Å². The Labute approximate surface area is 103 Å². The zero-order valence-electron chi connectivity index (χ0n) is 7.65. The number of aliphatic hydroxyl groups excluding tert-OH is 3. The first-order valence-corrected chi connectivity index (χ1v) is 2.95. The summed E-state index contributed by atoms with van der Waals surface area (Å²) in [5.41, 5.74) is 0. The van der Waals surface area contributed by atoms with Gasteiger partial charge in [0, 0.05) is 6.47 Å². The Bertz CT molecular complexity index is 86.7. The molecule has 10 heteroatoms. The van der Waals surface area contributed by atoms with Gasteiger partial charge in [0.15, 0.2) is 0 Å². The molecule has 0 aliphatic rings. The van der Waals surface area contributed by atoms with Gasteiger partial charge in [-0.2, -0.15) is 0 Å². The number of hydrogen-bond donors (Lipinski definition) is 6. The van der Waals surface area contributed by atoms with Gasteiger partial charge in [-0.15, -0.1) is 0 Å². The van der Waals surface area contributed by atoms with E-state index in [9.17, 15) is 0 Å². The summed E-state index contributed by atoms with van der Waals surface area (Å²) in [6.07, 6.45) is -0.954. The summed E-state index contributed by atoms with van der Waals surface area (Å²) >= 11 is 0. The third kappa shape index (κ3) is 85.0. The molecule has 0 rings (SSSR count). The van der Waals surface area contributed by atoms with E-state index in [2.05, 4.69) is 0 Å². The molecule has 14 heavy (non-hydrogen) atoms. The molecule has 0 amide bonds. The summed E-state index contributed by atoms with van der Waals surface area (Å²) in [6.45, 7) is -1.23. The van der Waals surface area contributed by atoms with Crippen molar-refractivity contribution in [3.63, 3.8) is 0 Å². The second-order valence-electron chi connectivity index (χ2n) is 1.46. The van der Waals surface area contributed by atoms with Gasteiger partial charge in [-0.1, -0.05) is 0 Å². The molecule has 0 heterocycles. The fourth-order valence-electron chi connectivity index (χ4n) is 0.0577. The molecule has 0 saturated carbocycles. The third-order valence-electron chi connectivity index (χ3n) is 0.421. The molecule has 0 aromatic carbocycles. The quantitative estimate of drug-likeness (QED) is 0.198. The number of hydrogen-bond acceptors (Lipinski definition) is 8. The van der Waals surface area contributed by atoms with E-state index < -0.39 is 19.9 Å². The molecule has 8 nitrogen and oxygen atoms in total. The minimum atomic E-state index is -2.17. The molecular formula is C4H12BNaO8. The second kappa shape index (κ2) is 23.3. The third-order valence-corrected chi connectivity index (χ3v) is 0.421. The maximum atomic E-state index is 8.25. The topological polar surface area (TPSA) is 162 Å². The molecule has 0 radical (unpaired) electrons. The maximum absolute atomic E-state index is 8.25. The molecule has 0 saturated heterocycles. The molecule has 0 fully saturated rings. The van der Waals surface area contributed by atoms with Crippen molar-refractivity contribution in [2.45, 2.75) is 6.10 Å². The van der Waals surface area contributed by atoms with E-state index in [1.807, 2.05) is 0 Å². The SMILES string of the molecule is O=C[O-].OB(O)O.OCC(O)CO.[Na+]. The Morgan fingerprint density at radius 1 is 1.21 bits per heavy atom. The summed E-state index contributed by atoms with van der Waals surface area (Å²) in [4.78, 5) is 8.25. The van der Waals surface area contributed by atoms with Crippen LogP contribution in [-0.2, 0) is 4.79 Å². The summed E-state index contributed by atoms with van der Waals surface area (Å²) in [5, 5.41) is 53.8. The summed E-state index contributed by atoms with van der Waals surface area (Å²) in [7, 11) is -2.17. The molecule has 80 valence electrons. The van der Waals surface area contributed by atoms with Crippen molar-refractivity contribution in [2.24, 2.45) is 0 Å². The smallest absolute Gasteiger partial charge is 0.554 e. The molecule has 0 aliphatic carbocycles. The molecule has 0 aliphatic heterocycles. The molecule has 6 N–H and O–H groups in total. The Balaban J connectivity index is -0.0000000553. The van der Waals surface area contributed by atoms with Crippen molar-refractivity contribution in [3.8, 4) is 0 Å². The van der Waals surface area contributed by atoms with Crippen LogP contribution in [0.4, 0.5) is 0 Å². The van der Waals surface area contributed by atoms with Crippen LogP contribution in [0.1, 0.15) is 0 Å². The number of carboxylic acid groups (broad SMARTS) is 1. The minimum absolute atomic E-state index is 0. The van der Waals surface area contributed by atoms with Gasteiger partial charge in [0.2, 0.25) is 0 Å². The van der Waals surface area contributed by atoms with Crippen molar-refractivity contribution < 1.29 is 69.9 Å². The Morgan fingerprint density at radius 2 is 1.36 bits per heavy atom. The Morgan fingerprint density at radius 3 is 1.36 bits per heavy atom. The van der Waals surface area contributed by atoms with Crippen LogP contribution in [0.5, 0.6) is 0 Å². The molecular weight excluding hydrogens is 210 g/mol. The number of aliphatic hydroxyl groups is 3. The predicted octanol–water partition coefficient (Wildman–Crippen LogP) is -8.35. The van der Waals surface area contributed by atoms with E-state index in [4.69, 9.17) is 40.3 Å². The first-order valence-electron chi connectivity index (χ1n) is 2.95. The van der Waals surface area contributed by atoms with Gasteiger partial charge >= 0.3 is 36.9 Å². The van der Waals surface area contributed by atoms with Crippen molar-refractivity contribution in [3.05, 3.63) is 0 Å². The van der Waals surface area contributed by atoms with Gasteiger partial charge in [-0.3, -0.25) is 0 Å². The van der Waals surface area contributed by atoms with E-state index in [0.29, 0.717) is 0 Å². The molecule has 0 atom stereocenters. The zero-order chi connectivity index (χ0) is 11.3. The fourth-order valence-corrected chi connectivity index (χ4v) is 0.0577. The van der Waals surface area contributed by atoms with Gasteiger partial charge in [0.05, 0.1) is 13.2 Å². The standard InChI is InChI=1S/C3H8O3.CH2O2.BH3O3.Na/c4-1-3(6)2-5;2-1-3;2-1(3)4;/h3-6H,1-2H2;1H,(H,2,3);2-4H;/q;;;+1/p-1.